The van der Waals surface area contributed by atoms with Crippen LogP contribution in [0.1, 0.15) is 33.3 Å². The molecule has 1 heterocycles. The number of amides is 1. The molecule has 1 fully saturated rings. The summed E-state index contributed by atoms with van der Waals surface area (Å²) in [7, 11) is 1.61. The molecule has 29 heavy (non-hydrogen) atoms. The maximum absolute atomic E-state index is 12.1. The molecule has 0 atom stereocenters. The monoisotopic (exact) mass is 520 g/mol. The van der Waals surface area contributed by atoms with Crippen LogP contribution in [0.3, 0.4) is 0 Å². The number of nitrogens with zero attached hydrogens (tertiary/aromatic N) is 3. The third-order valence-electron chi connectivity index (χ3n) is 4.21. The Balaban J connectivity index is 0.00000420. The summed E-state index contributed by atoms with van der Waals surface area (Å²) < 4.78 is 16.3. The lowest BCUT2D eigenvalue weighted by molar-refractivity contribution is 0.0186. The van der Waals surface area contributed by atoms with Crippen molar-refractivity contribution in [2.24, 2.45) is 10.7 Å². The van der Waals surface area contributed by atoms with Crippen molar-refractivity contribution >= 4 is 36.0 Å². The van der Waals surface area contributed by atoms with Crippen LogP contribution in [0.5, 0.6) is 11.5 Å². The molecule has 9 heteroatoms. The standard InChI is InChI=1S/C20H32N4O4.HI/c1-6-27-16-8-7-15(13-17(16)26-5)14-22-18(21)23-9-11-24(12-10-23)19(25)28-20(2,3)4;/h7-8,13H,6,9-12,14H2,1-5H3,(H2,21,22);1H. The van der Waals surface area contributed by atoms with E-state index >= 15 is 0 Å². The number of hydrogen-bond acceptors (Lipinski definition) is 5. The van der Waals surface area contributed by atoms with Gasteiger partial charge in [0.2, 0.25) is 0 Å². The number of benzene rings is 1. The number of rotatable bonds is 5. The molecule has 1 aromatic carbocycles. The molecule has 1 saturated heterocycles. The lowest BCUT2D eigenvalue weighted by atomic mass is 10.2. The molecule has 164 valence electrons. The van der Waals surface area contributed by atoms with Crippen molar-refractivity contribution in [2.45, 2.75) is 39.8 Å². The van der Waals surface area contributed by atoms with Gasteiger partial charge in [0.1, 0.15) is 5.60 Å². The van der Waals surface area contributed by atoms with Gasteiger partial charge in [-0.2, -0.15) is 0 Å². The first-order valence-electron chi connectivity index (χ1n) is 9.56. The Hall–Kier alpha value is -1.91. The Bertz CT molecular complexity index is 698. The van der Waals surface area contributed by atoms with Gasteiger partial charge in [-0.3, -0.25) is 0 Å². The largest absolute Gasteiger partial charge is 0.493 e. The summed E-state index contributed by atoms with van der Waals surface area (Å²) in [5, 5.41) is 0. The molecule has 0 aromatic heterocycles. The number of carbonyl (C=O) groups is 1. The second-order valence-corrected chi connectivity index (χ2v) is 7.55. The molecule has 0 radical (unpaired) electrons. The predicted molar refractivity (Wildman–Crippen MR) is 124 cm³/mol. The summed E-state index contributed by atoms with van der Waals surface area (Å²) in [4.78, 5) is 20.3. The highest BCUT2D eigenvalue weighted by atomic mass is 127. The summed E-state index contributed by atoms with van der Waals surface area (Å²) in [5.74, 6) is 1.86. The van der Waals surface area contributed by atoms with Gasteiger partial charge in [-0.05, 0) is 45.4 Å². The Labute approximate surface area is 190 Å². The van der Waals surface area contributed by atoms with E-state index in [-0.39, 0.29) is 30.1 Å². The first-order valence-corrected chi connectivity index (χ1v) is 9.56. The summed E-state index contributed by atoms with van der Waals surface area (Å²) >= 11 is 0. The fourth-order valence-electron chi connectivity index (χ4n) is 2.80. The van der Waals surface area contributed by atoms with Crippen LogP contribution in [0.4, 0.5) is 4.79 Å². The molecule has 1 amide bonds. The van der Waals surface area contributed by atoms with Crippen molar-refractivity contribution < 1.29 is 19.0 Å². The molecule has 1 aromatic rings. The van der Waals surface area contributed by atoms with Crippen molar-refractivity contribution in [3.63, 3.8) is 0 Å². The van der Waals surface area contributed by atoms with Crippen LogP contribution in [-0.4, -0.2) is 67.3 Å². The van der Waals surface area contributed by atoms with Crippen LogP contribution >= 0.6 is 24.0 Å². The first-order chi connectivity index (χ1) is 13.2. The number of carbonyl (C=O) groups excluding carboxylic acids is 1. The second-order valence-electron chi connectivity index (χ2n) is 7.55. The molecule has 0 saturated carbocycles. The topological polar surface area (TPSA) is 89.6 Å². The van der Waals surface area contributed by atoms with Gasteiger partial charge < -0.3 is 29.7 Å². The Kier molecular flexibility index (Phi) is 9.81. The lowest BCUT2D eigenvalue weighted by Gasteiger charge is -2.36. The molecule has 0 aliphatic carbocycles. The van der Waals surface area contributed by atoms with Crippen LogP contribution in [0, 0.1) is 0 Å². The predicted octanol–water partition coefficient (Wildman–Crippen LogP) is 3.08. The molecule has 0 bridgehead atoms. The first kappa shape index (κ1) is 25.1. The highest BCUT2D eigenvalue weighted by molar-refractivity contribution is 14.0. The van der Waals surface area contributed by atoms with E-state index in [1.807, 2.05) is 50.8 Å². The summed E-state index contributed by atoms with van der Waals surface area (Å²) in [6.45, 7) is 10.9. The number of aliphatic imine (C=N–C) groups is 1. The van der Waals surface area contributed by atoms with Crippen molar-refractivity contribution in [3.05, 3.63) is 23.8 Å². The van der Waals surface area contributed by atoms with Crippen molar-refractivity contribution in [3.8, 4) is 11.5 Å². The number of hydrogen-bond donors (Lipinski definition) is 1. The van der Waals surface area contributed by atoms with Crippen molar-refractivity contribution in [1.29, 1.82) is 0 Å². The maximum atomic E-state index is 12.1. The summed E-state index contributed by atoms with van der Waals surface area (Å²) in [6.07, 6.45) is -0.288. The van der Waals surface area contributed by atoms with Gasteiger partial charge in [-0.1, -0.05) is 6.07 Å². The van der Waals surface area contributed by atoms with Gasteiger partial charge in [0.05, 0.1) is 20.3 Å². The number of ether oxygens (including phenoxy) is 3. The third kappa shape index (κ3) is 7.79. The summed E-state index contributed by atoms with van der Waals surface area (Å²) in [6, 6.07) is 5.73. The molecular weight excluding hydrogens is 487 g/mol. The third-order valence-corrected chi connectivity index (χ3v) is 4.21. The van der Waals surface area contributed by atoms with E-state index in [0.29, 0.717) is 56.8 Å². The van der Waals surface area contributed by atoms with E-state index in [9.17, 15) is 4.79 Å². The van der Waals surface area contributed by atoms with E-state index in [1.54, 1.807) is 12.0 Å². The Morgan fingerprint density at radius 3 is 2.31 bits per heavy atom. The van der Waals surface area contributed by atoms with E-state index < -0.39 is 5.60 Å². The number of guanidine groups is 1. The number of nitrogens with two attached hydrogens (primary N) is 1. The maximum Gasteiger partial charge on any atom is 0.410 e. The minimum absolute atomic E-state index is 0. The van der Waals surface area contributed by atoms with E-state index in [1.165, 1.54) is 0 Å². The zero-order valence-electron chi connectivity index (χ0n) is 17.9. The molecule has 0 unspecified atom stereocenters. The number of halogens is 1. The summed E-state index contributed by atoms with van der Waals surface area (Å²) in [5.41, 5.74) is 6.64. The Morgan fingerprint density at radius 1 is 1.14 bits per heavy atom. The minimum atomic E-state index is -0.493. The van der Waals surface area contributed by atoms with Crippen LogP contribution < -0.4 is 15.2 Å². The van der Waals surface area contributed by atoms with E-state index in [0.717, 1.165) is 5.56 Å². The smallest absolute Gasteiger partial charge is 0.410 e. The molecule has 2 N–H and O–H groups in total. The molecule has 1 aliphatic rings. The number of methoxy groups -OCH3 is 1. The lowest BCUT2D eigenvalue weighted by Crippen LogP contribution is -2.53. The highest BCUT2D eigenvalue weighted by Crippen LogP contribution is 2.28. The fourth-order valence-corrected chi connectivity index (χ4v) is 2.80. The molecule has 2 rings (SSSR count). The average Bonchev–Trinajstić information content (AvgIpc) is 2.66. The average molecular weight is 520 g/mol. The number of piperazine rings is 1. The zero-order chi connectivity index (χ0) is 20.7. The van der Waals surface area contributed by atoms with Crippen LogP contribution in [0.2, 0.25) is 0 Å². The van der Waals surface area contributed by atoms with Crippen molar-refractivity contribution in [2.75, 3.05) is 39.9 Å². The van der Waals surface area contributed by atoms with Crippen LogP contribution in [0.25, 0.3) is 0 Å². The van der Waals surface area contributed by atoms with Gasteiger partial charge >= 0.3 is 6.09 Å². The minimum Gasteiger partial charge on any atom is -0.493 e. The SMILES string of the molecule is CCOc1ccc(CN=C(N)N2CCN(C(=O)OC(C)(C)C)CC2)cc1OC.I. The molecule has 0 spiro atoms. The normalized spacial score (nSPS) is 14.9. The van der Waals surface area contributed by atoms with Gasteiger partial charge in [0.25, 0.3) is 0 Å². The Morgan fingerprint density at radius 2 is 1.76 bits per heavy atom. The molecule has 1 aliphatic heterocycles. The van der Waals surface area contributed by atoms with Gasteiger partial charge in [-0.15, -0.1) is 24.0 Å². The molecule has 8 nitrogen and oxygen atoms in total. The second kappa shape index (κ2) is 11.3. The quantitative estimate of drug-likeness (QED) is 0.365. The zero-order valence-corrected chi connectivity index (χ0v) is 20.3. The van der Waals surface area contributed by atoms with Gasteiger partial charge in [-0.25, -0.2) is 9.79 Å². The van der Waals surface area contributed by atoms with E-state index in [2.05, 4.69) is 4.99 Å². The van der Waals surface area contributed by atoms with Crippen LogP contribution in [-0.2, 0) is 11.3 Å². The van der Waals surface area contributed by atoms with Gasteiger partial charge in [0.15, 0.2) is 17.5 Å². The van der Waals surface area contributed by atoms with E-state index in [4.69, 9.17) is 19.9 Å². The van der Waals surface area contributed by atoms with Gasteiger partial charge in [0, 0.05) is 26.2 Å². The van der Waals surface area contributed by atoms with Crippen LogP contribution in [0.15, 0.2) is 23.2 Å². The highest BCUT2D eigenvalue weighted by Gasteiger charge is 2.26. The molecular formula is C20H33IN4O4. The fraction of sp³-hybridized carbons (Fsp3) is 0.600. The van der Waals surface area contributed by atoms with Crippen molar-refractivity contribution in [1.82, 2.24) is 9.80 Å².